The fraction of sp³-hybridized carbons (Fsp3) is 0.348. The van der Waals surface area contributed by atoms with Crippen molar-refractivity contribution in [2.75, 3.05) is 5.75 Å². The number of amides is 1. The van der Waals surface area contributed by atoms with Crippen LogP contribution in [0, 0.1) is 13.8 Å². The van der Waals surface area contributed by atoms with Crippen LogP contribution in [-0.2, 0) is 4.79 Å². The first-order valence-electron chi connectivity index (χ1n) is 10.1. The second kappa shape index (κ2) is 8.82. The molecule has 0 atom stereocenters. The molecule has 4 rings (SSSR count). The van der Waals surface area contributed by atoms with Crippen LogP contribution in [0.15, 0.2) is 53.7 Å². The molecule has 0 aliphatic heterocycles. The number of aromatic nitrogens is 3. The molecule has 150 valence electrons. The van der Waals surface area contributed by atoms with Crippen LogP contribution < -0.4 is 5.32 Å². The highest BCUT2D eigenvalue weighted by molar-refractivity contribution is 7.99. The SMILES string of the molecule is Cc1ccc(-n2c(SCC(=O)NC3CCCC3)nnc2-c2ccccc2)cc1C. The molecule has 1 aliphatic carbocycles. The molecule has 2 aromatic carbocycles. The minimum absolute atomic E-state index is 0.0674. The van der Waals surface area contributed by atoms with Gasteiger partial charge in [0, 0.05) is 11.6 Å². The van der Waals surface area contributed by atoms with Crippen molar-refractivity contribution in [2.45, 2.75) is 50.7 Å². The molecule has 1 saturated carbocycles. The highest BCUT2D eigenvalue weighted by Crippen LogP contribution is 2.29. The van der Waals surface area contributed by atoms with Gasteiger partial charge in [-0.25, -0.2) is 0 Å². The zero-order chi connectivity index (χ0) is 20.2. The Labute approximate surface area is 175 Å². The molecule has 6 heteroatoms. The van der Waals surface area contributed by atoms with Gasteiger partial charge in [-0.15, -0.1) is 10.2 Å². The first-order valence-corrected chi connectivity index (χ1v) is 11.1. The lowest BCUT2D eigenvalue weighted by Gasteiger charge is -2.13. The Morgan fingerprint density at radius 1 is 1.07 bits per heavy atom. The first kappa shape index (κ1) is 19.7. The maximum Gasteiger partial charge on any atom is 0.230 e. The van der Waals surface area contributed by atoms with Crippen LogP contribution in [0.1, 0.15) is 36.8 Å². The maximum absolute atomic E-state index is 12.4. The lowest BCUT2D eigenvalue weighted by molar-refractivity contribution is -0.119. The number of thioether (sulfide) groups is 1. The molecule has 3 aromatic rings. The summed E-state index contributed by atoms with van der Waals surface area (Å²) in [7, 11) is 0. The molecule has 0 spiro atoms. The molecule has 29 heavy (non-hydrogen) atoms. The van der Waals surface area contributed by atoms with Crippen LogP contribution >= 0.6 is 11.8 Å². The third-order valence-electron chi connectivity index (χ3n) is 5.47. The van der Waals surface area contributed by atoms with E-state index in [4.69, 9.17) is 0 Å². The topological polar surface area (TPSA) is 59.8 Å². The van der Waals surface area contributed by atoms with Crippen molar-refractivity contribution < 1.29 is 4.79 Å². The fourth-order valence-corrected chi connectivity index (χ4v) is 4.47. The molecular weight excluding hydrogens is 380 g/mol. The first-order chi connectivity index (χ1) is 14.1. The summed E-state index contributed by atoms with van der Waals surface area (Å²) < 4.78 is 2.05. The summed E-state index contributed by atoms with van der Waals surface area (Å²) in [6.07, 6.45) is 4.60. The van der Waals surface area contributed by atoms with Crippen LogP contribution in [-0.4, -0.2) is 32.5 Å². The molecule has 1 heterocycles. The number of benzene rings is 2. The van der Waals surface area contributed by atoms with Crippen LogP contribution in [0.2, 0.25) is 0 Å². The minimum Gasteiger partial charge on any atom is -0.353 e. The van der Waals surface area contributed by atoms with Gasteiger partial charge in [0.15, 0.2) is 11.0 Å². The summed E-state index contributed by atoms with van der Waals surface area (Å²) >= 11 is 1.44. The third kappa shape index (κ3) is 4.53. The zero-order valence-electron chi connectivity index (χ0n) is 16.9. The fourth-order valence-electron chi connectivity index (χ4n) is 3.70. The van der Waals surface area contributed by atoms with E-state index in [1.165, 1.54) is 35.7 Å². The predicted molar refractivity (Wildman–Crippen MR) is 117 cm³/mol. The molecule has 1 amide bonds. The molecule has 1 aliphatic rings. The van der Waals surface area contributed by atoms with Gasteiger partial charge in [-0.2, -0.15) is 0 Å². The lowest BCUT2D eigenvalue weighted by Crippen LogP contribution is -2.33. The number of rotatable bonds is 6. The van der Waals surface area contributed by atoms with Crippen molar-refractivity contribution >= 4 is 17.7 Å². The highest BCUT2D eigenvalue weighted by atomic mass is 32.2. The summed E-state index contributed by atoms with van der Waals surface area (Å²) in [6.45, 7) is 4.21. The summed E-state index contributed by atoms with van der Waals surface area (Å²) in [4.78, 5) is 12.4. The van der Waals surface area contributed by atoms with E-state index in [9.17, 15) is 4.79 Å². The average molecular weight is 407 g/mol. The van der Waals surface area contributed by atoms with Gasteiger partial charge in [-0.3, -0.25) is 9.36 Å². The number of nitrogens with zero attached hydrogens (tertiary/aromatic N) is 3. The minimum atomic E-state index is 0.0674. The van der Waals surface area contributed by atoms with E-state index in [0.717, 1.165) is 35.1 Å². The van der Waals surface area contributed by atoms with Gasteiger partial charge < -0.3 is 5.32 Å². The molecule has 5 nitrogen and oxygen atoms in total. The molecular formula is C23H26N4OS. The second-order valence-electron chi connectivity index (χ2n) is 7.61. The van der Waals surface area contributed by atoms with Crippen molar-refractivity contribution in [1.82, 2.24) is 20.1 Å². The van der Waals surface area contributed by atoms with Crippen LogP contribution in [0.25, 0.3) is 17.1 Å². The number of nitrogens with one attached hydrogen (secondary N) is 1. The van der Waals surface area contributed by atoms with Gasteiger partial charge in [0.2, 0.25) is 5.91 Å². The van der Waals surface area contributed by atoms with Gasteiger partial charge in [0.05, 0.1) is 11.4 Å². The zero-order valence-corrected chi connectivity index (χ0v) is 17.7. The summed E-state index contributed by atoms with van der Waals surface area (Å²) in [5.41, 5.74) is 4.47. The number of carbonyl (C=O) groups excluding carboxylic acids is 1. The van der Waals surface area contributed by atoms with Crippen molar-refractivity contribution in [3.05, 3.63) is 59.7 Å². The second-order valence-corrected chi connectivity index (χ2v) is 8.56. The number of hydrogen-bond acceptors (Lipinski definition) is 4. The van der Waals surface area contributed by atoms with Crippen molar-refractivity contribution in [3.63, 3.8) is 0 Å². The van der Waals surface area contributed by atoms with E-state index in [2.05, 4.69) is 52.1 Å². The quantitative estimate of drug-likeness (QED) is 0.603. The molecule has 1 N–H and O–H groups in total. The smallest absolute Gasteiger partial charge is 0.230 e. The van der Waals surface area contributed by atoms with Gasteiger partial charge in [0.25, 0.3) is 0 Å². The van der Waals surface area contributed by atoms with E-state index in [0.29, 0.717) is 11.8 Å². The van der Waals surface area contributed by atoms with Gasteiger partial charge in [0.1, 0.15) is 0 Å². The van der Waals surface area contributed by atoms with Gasteiger partial charge >= 0.3 is 0 Å². The maximum atomic E-state index is 12.4. The molecule has 0 bridgehead atoms. The Kier molecular flexibility index (Phi) is 6.00. The van der Waals surface area contributed by atoms with Crippen molar-refractivity contribution in [1.29, 1.82) is 0 Å². The van der Waals surface area contributed by atoms with Crippen LogP contribution in [0.3, 0.4) is 0 Å². The summed E-state index contributed by atoms with van der Waals surface area (Å²) in [5.74, 6) is 1.19. The summed E-state index contributed by atoms with van der Waals surface area (Å²) in [5, 5.41) is 12.8. The molecule has 1 aromatic heterocycles. The van der Waals surface area contributed by atoms with Crippen LogP contribution in [0.4, 0.5) is 0 Å². The number of hydrogen-bond donors (Lipinski definition) is 1. The van der Waals surface area contributed by atoms with E-state index in [-0.39, 0.29) is 5.91 Å². The van der Waals surface area contributed by atoms with Crippen molar-refractivity contribution in [3.8, 4) is 17.1 Å². The van der Waals surface area contributed by atoms with Gasteiger partial charge in [-0.05, 0) is 49.9 Å². The summed E-state index contributed by atoms with van der Waals surface area (Å²) in [6, 6.07) is 16.7. The molecule has 0 unspecified atom stereocenters. The Morgan fingerprint density at radius 3 is 2.55 bits per heavy atom. The van der Waals surface area contributed by atoms with E-state index in [1.807, 2.05) is 30.3 Å². The largest absolute Gasteiger partial charge is 0.353 e. The van der Waals surface area contributed by atoms with E-state index in [1.54, 1.807) is 0 Å². The lowest BCUT2D eigenvalue weighted by atomic mass is 10.1. The predicted octanol–water partition coefficient (Wildman–Crippen LogP) is 4.70. The van der Waals surface area contributed by atoms with Gasteiger partial charge in [-0.1, -0.05) is 61.0 Å². The Bertz CT molecular complexity index is 993. The molecule has 0 saturated heterocycles. The molecule has 1 fully saturated rings. The van der Waals surface area contributed by atoms with Crippen LogP contribution in [0.5, 0.6) is 0 Å². The number of carbonyl (C=O) groups is 1. The Hall–Kier alpha value is -2.60. The number of aryl methyl sites for hydroxylation is 2. The highest BCUT2D eigenvalue weighted by Gasteiger charge is 2.20. The van der Waals surface area contributed by atoms with Crippen molar-refractivity contribution in [2.24, 2.45) is 0 Å². The van der Waals surface area contributed by atoms with E-state index >= 15 is 0 Å². The monoisotopic (exact) mass is 406 g/mol. The molecule has 0 radical (unpaired) electrons. The standard InChI is InChI=1S/C23H26N4OS/c1-16-12-13-20(14-17(16)2)27-22(18-8-4-3-5-9-18)25-26-23(27)29-15-21(28)24-19-10-6-7-11-19/h3-5,8-9,12-14,19H,6-7,10-11,15H2,1-2H3,(H,24,28). The normalized spacial score (nSPS) is 14.3. The Morgan fingerprint density at radius 2 is 1.83 bits per heavy atom. The Balaban J connectivity index is 1.62. The van der Waals surface area contributed by atoms with E-state index < -0.39 is 0 Å². The third-order valence-corrected chi connectivity index (χ3v) is 6.40. The average Bonchev–Trinajstić information content (AvgIpc) is 3.39.